The molecule has 9 heteroatoms. The highest BCUT2D eigenvalue weighted by atomic mass is 16.6. The van der Waals surface area contributed by atoms with Crippen molar-refractivity contribution in [3.63, 3.8) is 0 Å². The Labute approximate surface area is 172 Å². The molecule has 1 amide bonds. The lowest BCUT2D eigenvalue weighted by molar-refractivity contribution is 0.00701. The topological polar surface area (TPSA) is 91.3 Å². The molecule has 0 bridgehead atoms. The number of morpholine rings is 1. The third-order valence-corrected chi connectivity index (χ3v) is 4.72. The first kappa shape index (κ1) is 21.2. The number of guanidine groups is 1. The standard InChI is InChI=1S/C20H32N6O3/c1-20(2,3)29-19(27)26-13-16(14-26)24-18(21-4)23-12-15-6-5-7-22-17(15)25-8-10-28-11-9-25/h5-7,16H,8-14H2,1-4H3,(H2,21,23,24). The number of nitrogens with zero attached hydrogens (tertiary/aromatic N) is 4. The van der Waals surface area contributed by atoms with E-state index < -0.39 is 5.60 Å². The maximum absolute atomic E-state index is 12.0. The van der Waals surface area contributed by atoms with Crippen LogP contribution in [-0.2, 0) is 16.0 Å². The quantitative estimate of drug-likeness (QED) is 0.576. The van der Waals surface area contributed by atoms with Crippen LogP contribution in [0.25, 0.3) is 0 Å². The van der Waals surface area contributed by atoms with E-state index in [2.05, 4.69) is 31.6 Å². The average Bonchev–Trinajstić information content (AvgIpc) is 2.66. The molecule has 29 heavy (non-hydrogen) atoms. The zero-order chi connectivity index (χ0) is 20.9. The summed E-state index contributed by atoms with van der Waals surface area (Å²) < 4.78 is 10.8. The van der Waals surface area contributed by atoms with Crippen LogP contribution in [0.1, 0.15) is 26.3 Å². The predicted molar refractivity (Wildman–Crippen MR) is 112 cm³/mol. The number of carbonyl (C=O) groups is 1. The molecule has 1 aromatic heterocycles. The average molecular weight is 405 g/mol. The fourth-order valence-corrected chi connectivity index (χ4v) is 3.24. The van der Waals surface area contributed by atoms with E-state index >= 15 is 0 Å². The van der Waals surface area contributed by atoms with Gasteiger partial charge in [0.05, 0.1) is 19.3 Å². The summed E-state index contributed by atoms with van der Waals surface area (Å²) in [7, 11) is 1.74. The molecule has 2 aliphatic rings. The summed E-state index contributed by atoms with van der Waals surface area (Å²) in [6.07, 6.45) is 1.55. The second-order valence-corrected chi connectivity index (χ2v) is 8.24. The molecule has 9 nitrogen and oxygen atoms in total. The number of nitrogens with one attached hydrogen (secondary N) is 2. The van der Waals surface area contributed by atoms with Gasteiger partial charge in [0.2, 0.25) is 0 Å². The molecule has 0 saturated carbocycles. The minimum absolute atomic E-state index is 0.154. The van der Waals surface area contributed by atoms with Crippen LogP contribution in [0, 0.1) is 0 Å². The Morgan fingerprint density at radius 2 is 2.07 bits per heavy atom. The Balaban J connectivity index is 1.48. The first-order chi connectivity index (χ1) is 13.9. The molecule has 3 heterocycles. The van der Waals surface area contributed by atoms with Gasteiger partial charge in [-0.3, -0.25) is 4.99 Å². The van der Waals surface area contributed by atoms with Crippen LogP contribution >= 0.6 is 0 Å². The predicted octanol–water partition coefficient (Wildman–Crippen LogP) is 1.20. The normalized spacial score (nSPS) is 18.3. The number of aliphatic imine (C=N–C) groups is 1. The van der Waals surface area contributed by atoms with Crippen LogP contribution < -0.4 is 15.5 Å². The number of aromatic nitrogens is 1. The first-order valence-corrected chi connectivity index (χ1v) is 10.1. The zero-order valence-electron chi connectivity index (χ0n) is 17.8. The number of pyridine rings is 1. The van der Waals surface area contributed by atoms with Crippen molar-refractivity contribution in [1.29, 1.82) is 0 Å². The van der Waals surface area contributed by atoms with Crippen molar-refractivity contribution in [2.24, 2.45) is 4.99 Å². The number of hydrogen-bond donors (Lipinski definition) is 2. The molecule has 0 atom stereocenters. The van der Waals surface area contributed by atoms with E-state index in [9.17, 15) is 4.79 Å². The largest absolute Gasteiger partial charge is 0.444 e. The minimum Gasteiger partial charge on any atom is -0.444 e. The lowest BCUT2D eigenvalue weighted by Crippen LogP contribution is -2.63. The summed E-state index contributed by atoms with van der Waals surface area (Å²) in [4.78, 5) is 24.9. The van der Waals surface area contributed by atoms with E-state index in [0.29, 0.717) is 25.6 Å². The highest BCUT2D eigenvalue weighted by molar-refractivity contribution is 5.80. The van der Waals surface area contributed by atoms with Crippen LogP contribution in [0.4, 0.5) is 10.6 Å². The summed E-state index contributed by atoms with van der Waals surface area (Å²) in [6, 6.07) is 4.18. The molecule has 0 radical (unpaired) electrons. The molecule has 0 unspecified atom stereocenters. The number of rotatable bonds is 4. The van der Waals surface area contributed by atoms with Gasteiger partial charge in [-0.1, -0.05) is 6.07 Å². The molecule has 0 aromatic carbocycles. The molecule has 2 N–H and O–H groups in total. The Hall–Kier alpha value is -2.55. The molecule has 1 aromatic rings. The van der Waals surface area contributed by atoms with Gasteiger partial charge in [0.1, 0.15) is 11.4 Å². The molecular formula is C20H32N6O3. The van der Waals surface area contributed by atoms with Gasteiger partial charge in [-0.05, 0) is 26.8 Å². The Bertz CT molecular complexity index is 721. The monoisotopic (exact) mass is 404 g/mol. The molecule has 2 fully saturated rings. The van der Waals surface area contributed by atoms with Crippen molar-refractivity contribution in [2.45, 2.75) is 39.0 Å². The summed E-state index contributed by atoms with van der Waals surface area (Å²) in [5.74, 6) is 1.69. The summed E-state index contributed by atoms with van der Waals surface area (Å²) in [5, 5.41) is 6.71. The van der Waals surface area contributed by atoms with Gasteiger partial charge in [-0.15, -0.1) is 0 Å². The van der Waals surface area contributed by atoms with Gasteiger partial charge < -0.3 is 29.9 Å². The third kappa shape index (κ3) is 5.96. The van der Waals surface area contributed by atoms with E-state index in [1.165, 1.54) is 0 Å². The number of amides is 1. The SMILES string of the molecule is CN=C(NCc1cccnc1N1CCOCC1)NC1CN(C(=O)OC(C)(C)C)C1. The Kier molecular flexibility index (Phi) is 6.79. The van der Waals surface area contributed by atoms with Crippen molar-refractivity contribution < 1.29 is 14.3 Å². The van der Waals surface area contributed by atoms with Gasteiger partial charge in [-0.2, -0.15) is 0 Å². The van der Waals surface area contributed by atoms with Crippen molar-refractivity contribution in [3.05, 3.63) is 23.9 Å². The van der Waals surface area contributed by atoms with E-state index in [-0.39, 0.29) is 12.1 Å². The third-order valence-electron chi connectivity index (χ3n) is 4.72. The van der Waals surface area contributed by atoms with E-state index in [0.717, 1.165) is 37.7 Å². The molecule has 2 saturated heterocycles. The molecule has 0 aliphatic carbocycles. The second-order valence-electron chi connectivity index (χ2n) is 8.24. The number of likely N-dealkylation sites (tertiary alicyclic amines) is 1. The van der Waals surface area contributed by atoms with Crippen molar-refractivity contribution in [3.8, 4) is 0 Å². The molecular weight excluding hydrogens is 372 g/mol. The summed E-state index contributed by atoms with van der Waals surface area (Å²) >= 11 is 0. The number of hydrogen-bond acceptors (Lipinski definition) is 6. The summed E-state index contributed by atoms with van der Waals surface area (Å²) in [5.41, 5.74) is 0.635. The van der Waals surface area contributed by atoms with E-state index in [4.69, 9.17) is 9.47 Å². The summed E-state index contributed by atoms with van der Waals surface area (Å²) in [6.45, 7) is 10.6. The smallest absolute Gasteiger partial charge is 0.410 e. The molecule has 3 rings (SSSR count). The van der Waals surface area contributed by atoms with Gasteiger partial charge in [-0.25, -0.2) is 9.78 Å². The fourth-order valence-electron chi connectivity index (χ4n) is 3.24. The van der Waals surface area contributed by atoms with Crippen LogP contribution in [-0.4, -0.2) is 80.0 Å². The maximum Gasteiger partial charge on any atom is 0.410 e. The first-order valence-electron chi connectivity index (χ1n) is 10.1. The maximum atomic E-state index is 12.0. The molecule has 160 valence electrons. The second kappa shape index (κ2) is 9.30. The van der Waals surface area contributed by atoms with Gasteiger partial charge in [0.25, 0.3) is 0 Å². The van der Waals surface area contributed by atoms with E-state index in [1.807, 2.05) is 33.0 Å². The number of carbonyl (C=O) groups excluding carboxylic acids is 1. The lowest BCUT2D eigenvalue weighted by atomic mass is 10.1. The van der Waals surface area contributed by atoms with Crippen LogP contribution in [0.5, 0.6) is 0 Å². The van der Waals surface area contributed by atoms with Crippen molar-refractivity contribution >= 4 is 17.9 Å². The number of anilines is 1. The Morgan fingerprint density at radius 1 is 1.34 bits per heavy atom. The highest BCUT2D eigenvalue weighted by Crippen LogP contribution is 2.18. The van der Waals surface area contributed by atoms with Crippen molar-refractivity contribution in [1.82, 2.24) is 20.5 Å². The Morgan fingerprint density at radius 3 is 2.72 bits per heavy atom. The molecule has 0 spiro atoms. The van der Waals surface area contributed by atoms with Crippen LogP contribution in [0.3, 0.4) is 0 Å². The van der Waals surface area contributed by atoms with Gasteiger partial charge in [0.15, 0.2) is 5.96 Å². The van der Waals surface area contributed by atoms with Gasteiger partial charge >= 0.3 is 6.09 Å². The highest BCUT2D eigenvalue weighted by Gasteiger charge is 2.34. The fraction of sp³-hybridized carbons (Fsp3) is 0.650. The van der Waals surface area contributed by atoms with Crippen LogP contribution in [0.15, 0.2) is 23.3 Å². The van der Waals surface area contributed by atoms with Gasteiger partial charge in [0, 0.05) is 51.5 Å². The lowest BCUT2D eigenvalue weighted by Gasteiger charge is -2.40. The number of ether oxygens (including phenoxy) is 2. The van der Waals surface area contributed by atoms with Crippen LogP contribution in [0.2, 0.25) is 0 Å². The minimum atomic E-state index is -0.477. The van der Waals surface area contributed by atoms with E-state index in [1.54, 1.807) is 11.9 Å². The zero-order valence-corrected chi connectivity index (χ0v) is 17.8. The van der Waals surface area contributed by atoms with Crippen molar-refractivity contribution in [2.75, 3.05) is 51.3 Å². The molecule has 2 aliphatic heterocycles.